The Bertz CT molecular complexity index is 1110. The summed E-state index contributed by atoms with van der Waals surface area (Å²) >= 11 is 0. The second-order valence-electron chi connectivity index (χ2n) is 6.95. The molecule has 0 spiro atoms. The van der Waals surface area contributed by atoms with Crippen LogP contribution in [0.2, 0.25) is 0 Å². The van der Waals surface area contributed by atoms with Gasteiger partial charge in [0.25, 0.3) is 0 Å². The van der Waals surface area contributed by atoms with Crippen molar-refractivity contribution in [3.05, 3.63) is 89.2 Å². The van der Waals surface area contributed by atoms with Crippen LogP contribution < -0.4 is 14.2 Å². The maximum Gasteiger partial charge on any atom is 0.573 e. The topological polar surface area (TPSA) is 27.7 Å². The molecule has 3 aromatic rings. The average Bonchev–Trinajstić information content (AvgIpc) is 2.75. The summed E-state index contributed by atoms with van der Waals surface area (Å²) in [6, 6.07) is 10.1. The smallest absolute Gasteiger partial charge is 0.429 e. The molecule has 0 atom stereocenters. The van der Waals surface area contributed by atoms with Gasteiger partial charge in [-0.2, -0.15) is 17.6 Å². The van der Waals surface area contributed by atoms with E-state index in [1.165, 1.54) is 24.3 Å². The molecule has 0 radical (unpaired) electrons. The van der Waals surface area contributed by atoms with Crippen LogP contribution in [-0.2, 0) is 18.6 Å². The molecule has 0 unspecified atom stereocenters. The summed E-state index contributed by atoms with van der Waals surface area (Å²) in [4.78, 5) is 0. The quantitative estimate of drug-likeness (QED) is 0.304. The summed E-state index contributed by atoms with van der Waals surface area (Å²) < 4.78 is 120. The van der Waals surface area contributed by atoms with E-state index >= 15 is 0 Å². The van der Waals surface area contributed by atoms with Crippen LogP contribution in [0.1, 0.15) is 23.6 Å². The number of halogens is 8. The number of hydrogen-bond acceptors (Lipinski definition) is 3. The van der Waals surface area contributed by atoms with E-state index in [-0.39, 0.29) is 6.07 Å². The van der Waals surface area contributed by atoms with Crippen molar-refractivity contribution in [2.75, 3.05) is 0 Å². The van der Waals surface area contributed by atoms with E-state index in [4.69, 9.17) is 0 Å². The molecule has 0 amide bonds. The molecule has 3 nitrogen and oxygen atoms in total. The fraction of sp³-hybridized carbons (Fsp3) is 0.217. The van der Waals surface area contributed by atoms with E-state index in [9.17, 15) is 35.1 Å². The van der Waals surface area contributed by atoms with Gasteiger partial charge < -0.3 is 14.2 Å². The normalized spacial score (nSPS) is 12.4. The summed E-state index contributed by atoms with van der Waals surface area (Å²) in [6.07, 6.45) is -12.3. The van der Waals surface area contributed by atoms with Gasteiger partial charge in [0.15, 0.2) is 11.6 Å². The van der Waals surface area contributed by atoms with Gasteiger partial charge in [0.1, 0.15) is 11.5 Å². The number of aryl methyl sites for hydroxylation is 1. The Balaban J connectivity index is 1.71. The Morgan fingerprint density at radius 2 is 1.09 bits per heavy atom. The highest BCUT2D eigenvalue weighted by atomic mass is 19.4. The van der Waals surface area contributed by atoms with Gasteiger partial charge in [-0.05, 0) is 60.5 Å². The van der Waals surface area contributed by atoms with Crippen LogP contribution >= 0.6 is 0 Å². The highest BCUT2D eigenvalue weighted by Gasteiger charge is 2.37. The van der Waals surface area contributed by atoms with Crippen LogP contribution in [0.15, 0.2) is 66.7 Å². The Morgan fingerprint density at radius 3 is 1.56 bits per heavy atom. The van der Waals surface area contributed by atoms with Crippen molar-refractivity contribution < 1.29 is 49.3 Å². The molecule has 0 aliphatic rings. The summed E-state index contributed by atoms with van der Waals surface area (Å²) in [7, 11) is 0. The molecule has 0 aliphatic carbocycles. The lowest BCUT2D eigenvalue weighted by molar-refractivity contribution is -0.275. The highest BCUT2D eigenvalue weighted by Crippen LogP contribution is 2.36. The molecule has 34 heavy (non-hydrogen) atoms. The minimum atomic E-state index is -5.17. The molecule has 0 heterocycles. The Hall–Kier alpha value is -3.50. The third kappa shape index (κ3) is 6.30. The molecule has 11 heteroatoms. The monoisotopic (exact) mass is 492 g/mol. The van der Waals surface area contributed by atoms with Crippen molar-refractivity contribution in [1.82, 2.24) is 0 Å². The predicted octanol–water partition coefficient (Wildman–Crippen LogP) is 7.54. The van der Waals surface area contributed by atoms with Gasteiger partial charge in [0.05, 0.1) is 11.1 Å². The number of benzene rings is 3. The zero-order valence-corrected chi connectivity index (χ0v) is 17.3. The van der Waals surface area contributed by atoms with Gasteiger partial charge >= 0.3 is 18.6 Å². The van der Waals surface area contributed by atoms with Crippen molar-refractivity contribution in [3.8, 4) is 17.2 Å². The van der Waals surface area contributed by atoms with E-state index < -0.39 is 52.8 Å². The van der Waals surface area contributed by atoms with Gasteiger partial charge in [0.2, 0.25) is 0 Å². The molecule has 0 saturated heterocycles. The molecule has 0 saturated carbocycles. The van der Waals surface area contributed by atoms with Gasteiger partial charge in [-0.3, -0.25) is 0 Å². The molecular weight excluding hydrogens is 476 g/mol. The Kier molecular flexibility index (Phi) is 6.94. The van der Waals surface area contributed by atoms with Gasteiger partial charge in [-0.15, -0.1) is 13.2 Å². The highest BCUT2D eigenvalue weighted by molar-refractivity contribution is 5.35. The molecule has 0 fully saturated rings. The first-order chi connectivity index (χ1) is 15.8. The van der Waals surface area contributed by atoms with Crippen LogP contribution in [0, 0.1) is 5.82 Å². The average molecular weight is 492 g/mol. The zero-order chi connectivity index (χ0) is 25.1. The Morgan fingerprint density at radius 1 is 0.618 bits per heavy atom. The molecule has 0 aliphatic heterocycles. The molecule has 182 valence electrons. The lowest BCUT2D eigenvalue weighted by atomic mass is 10.1. The molecule has 0 aromatic heterocycles. The van der Waals surface area contributed by atoms with Gasteiger partial charge in [-0.1, -0.05) is 19.1 Å². The van der Waals surface area contributed by atoms with Crippen molar-refractivity contribution in [2.24, 2.45) is 0 Å². The van der Waals surface area contributed by atoms with Crippen molar-refractivity contribution in [3.63, 3.8) is 0 Å². The van der Waals surface area contributed by atoms with Crippen LogP contribution in [0.3, 0.4) is 0 Å². The molecular formula is C23H16F8O3. The summed E-state index contributed by atoms with van der Waals surface area (Å²) in [6.45, 7) is 1.86. The van der Waals surface area contributed by atoms with Crippen LogP contribution in [-0.4, -0.2) is 6.36 Å². The lowest BCUT2D eigenvalue weighted by Crippen LogP contribution is -2.23. The Labute approximate surface area is 188 Å². The summed E-state index contributed by atoms with van der Waals surface area (Å²) in [5.41, 5.74) is -0.387. The van der Waals surface area contributed by atoms with E-state index in [2.05, 4.69) is 14.2 Å². The van der Waals surface area contributed by atoms with Gasteiger partial charge in [-0.25, -0.2) is 4.39 Å². The first kappa shape index (κ1) is 25.1. The standard InChI is InChI=1S/C23H16F8O3/c1-2-14-3-5-15(6-4-14)21(25,26)32-17-9-7-16(8-10-17)22(27,28)33-18-11-12-20(19(24)13-18)34-23(29,30)31/h3-13H,2H2,1H3. The van der Waals surface area contributed by atoms with Crippen molar-refractivity contribution >= 4 is 0 Å². The third-order valence-electron chi connectivity index (χ3n) is 4.51. The third-order valence-corrected chi connectivity index (χ3v) is 4.51. The fourth-order valence-electron chi connectivity index (χ4n) is 2.82. The number of alkyl halides is 7. The first-order valence-electron chi connectivity index (χ1n) is 9.68. The number of rotatable bonds is 8. The van der Waals surface area contributed by atoms with E-state index in [0.29, 0.717) is 18.6 Å². The van der Waals surface area contributed by atoms with Crippen LogP contribution in [0.25, 0.3) is 0 Å². The lowest BCUT2D eigenvalue weighted by Gasteiger charge is -2.21. The summed E-state index contributed by atoms with van der Waals surface area (Å²) in [5.74, 6) is -4.01. The van der Waals surface area contributed by atoms with Crippen LogP contribution in [0.5, 0.6) is 17.2 Å². The minimum Gasteiger partial charge on any atom is -0.429 e. The maximum atomic E-state index is 14.4. The summed E-state index contributed by atoms with van der Waals surface area (Å²) in [5, 5.41) is 0. The second kappa shape index (κ2) is 9.40. The maximum absolute atomic E-state index is 14.4. The number of hydrogen-bond donors (Lipinski definition) is 0. The van der Waals surface area contributed by atoms with Gasteiger partial charge in [0, 0.05) is 6.07 Å². The minimum absolute atomic E-state index is 0.289. The number of ether oxygens (including phenoxy) is 3. The van der Waals surface area contributed by atoms with Crippen molar-refractivity contribution in [1.29, 1.82) is 0 Å². The largest absolute Gasteiger partial charge is 0.573 e. The first-order valence-corrected chi connectivity index (χ1v) is 9.68. The van der Waals surface area contributed by atoms with Crippen LogP contribution in [0.4, 0.5) is 35.1 Å². The zero-order valence-electron chi connectivity index (χ0n) is 17.3. The molecule has 3 aromatic carbocycles. The predicted molar refractivity (Wildman–Crippen MR) is 104 cm³/mol. The van der Waals surface area contributed by atoms with E-state index in [0.717, 1.165) is 29.8 Å². The SMILES string of the molecule is CCc1ccc(C(F)(F)Oc2ccc(C(F)(F)Oc3ccc(OC(F)(F)F)c(F)c3)cc2)cc1. The second-order valence-corrected chi connectivity index (χ2v) is 6.95. The fourth-order valence-corrected chi connectivity index (χ4v) is 2.82. The van der Waals surface area contributed by atoms with E-state index in [1.54, 1.807) is 0 Å². The molecule has 0 bridgehead atoms. The molecule has 3 rings (SSSR count). The van der Waals surface area contributed by atoms with E-state index in [1.807, 2.05) is 6.92 Å². The van der Waals surface area contributed by atoms with Crippen molar-refractivity contribution in [2.45, 2.75) is 31.9 Å². The molecule has 0 N–H and O–H groups in total.